The smallest absolute Gasteiger partial charge is 0.347 e. The second-order valence-corrected chi connectivity index (χ2v) is 5.89. The van der Waals surface area contributed by atoms with Gasteiger partial charge in [0, 0.05) is 27.2 Å². The molecule has 0 aliphatic heterocycles. The Bertz CT molecular complexity index is 961. The Kier molecular flexibility index (Phi) is 3.36. The van der Waals surface area contributed by atoms with Gasteiger partial charge in [-0.1, -0.05) is 0 Å². The first kappa shape index (κ1) is 14.8. The van der Waals surface area contributed by atoms with E-state index in [0.29, 0.717) is 27.7 Å². The average molecular weight is 369 g/mol. The summed E-state index contributed by atoms with van der Waals surface area (Å²) in [6, 6.07) is 1.32. The van der Waals surface area contributed by atoms with Gasteiger partial charge >= 0.3 is 5.69 Å². The van der Waals surface area contributed by atoms with Crippen LogP contribution in [0, 0.1) is 5.82 Å². The van der Waals surface area contributed by atoms with Gasteiger partial charge in [0.25, 0.3) is 0 Å². The lowest BCUT2D eigenvalue weighted by atomic mass is 10.1. The number of halogens is 2. The largest absolute Gasteiger partial charge is 0.495 e. The maximum Gasteiger partial charge on any atom is 0.347 e. The van der Waals surface area contributed by atoms with Crippen LogP contribution in [0.15, 0.2) is 21.5 Å². The number of benzene rings is 1. The van der Waals surface area contributed by atoms with Crippen molar-refractivity contribution in [1.82, 2.24) is 14.2 Å². The minimum Gasteiger partial charge on any atom is -0.495 e. The molecule has 0 amide bonds. The molecule has 0 unspecified atom stereocenters. The molecule has 116 valence electrons. The zero-order valence-corrected chi connectivity index (χ0v) is 14.1. The average Bonchev–Trinajstić information content (AvgIpc) is 2.73. The van der Waals surface area contributed by atoms with E-state index in [1.165, 1.54) is 22.4 Å². The highest BCUT2D eigenvalue weighted by atomic mass is 79.9. The topological polar surface area (TPSA) is 52.3 Å². The fourth-order valence-electron chi connectivity index (χ4n) is 2.60. The molecule has 0 aliphatic rings. The van der Waals surface area contributed by atoms with E-state index in [1.807, 2.05) is 0 Å². The SMILES string of the molecule is COc1c(Br)c(F)cc2ncc3c(c12)n(N(C)C)c(=O)n3C. The molecule has 2 heterocycles. The molecule has 0 saturated heterocycles. The molecule has 0 atom stereocenters. The maximum atomic E-state index is 14.0. The van der Waals surface area contributed by atoms with Crippen molar-refractivity contribution in [2.45, 2.75) is 0 Å². The van der Waals surface area contributed by atoms with Gasteiger partial charge in [-0.25, -0.2) is 13.9 Å². The molecule has 22 heavy (non-hydrogen) atoms. The number of hydrogen-bond donors (Lipinski definition) is 0. The van der Waals surface area contributed by atoms with E-state index in [0.717, 1.165) is 0 Å². The van der Waals surface area contributed by atoms with E-state index in [4.69, 9.17) is 4.74 Å². The summed E-state index contributed by atoms with van der Waals surface area (Å²) in [6.45, 7) is 0. The minimum atomic E-state index is -0.467. The summed E-state index contributed by atoms with van der Waals surface area (Å²) in [5, 5.41) is 2.25. The molecule has 0 N–H and O–H groups in total. The van der Waals surface area contributed by atoms with Crippen molar-refractivity contribution in [2.75, 3.05) is 26.2 Å². The van der Waals surface area contributed by atoms with Crippen LogP contribution in [0.2, 0.25) is 0 Å². The summed E-state index contributed by atoms with van der Waals surface area (Å²) in [7, 11) is 6.65. The number of imidazole rings is 1. The molecule has 0 spiro atoms. The van der Waals surface area contributed by atoms with E-state index in [2.05, 4.69) is 20.9 Å². The first-order valence-corrected chi connectivity index (χ1v) is 7.27. The zero-order valence-electron chi connectivity index (χ0n) is 12.5. The number of hydrogen-bond acceptors (Lipinski definition) is 4. The predicted molar refractivity (Wildman–Crippen MR) is 86.8 cm³/mol. The predicted octanol–water partition coefficient (Wildman–Crippen LogP) is 2.00. The Morgan fingerprint density at radius 1 is 1.41 bits per heavy atom. The lowest BCUT2D eigenvalue weighted by Gasteiger charge is -2.16. The highest BCUT2D eigenvalue weighted by molar-refractivity contribution is 9.10. The summed E-state index contributed by atoms with van der Waals surface area (Å²) in [5.41, 5.74) is 1.48. The summed E-state index contributed by atoms with van der Waals surface area (Å²) < 4.78 is 22.6. The van der Waals surface area contributed by atoms with E-state index in [1.54, 1.807) is 32.3 Å². The van der Waals surface area contributed by atoms with Crippen LogP contribution in [0.1, 0.15) is 0 Å². The van der Waals surface area contributed by atoms with Crippen LogP contribution >= 0.6 is 15.9 Å². The third-order valence-corrected chi connectivity index (χ3v) is 4.35. The number of aryl methyl sites for hydroxylation is 1. The van der Waals surface area contributed by atoms with Gasteiger partial charge < -0.3 is 9.75 Å². The lowest BCUT2D eigenvalue weighted by molar-refractivity contribution is 0.413. The molecule has 0 bridgehead atoms. The van der Waals surface area contributed by atoms with Gasteiger partial charge in [0.1, 0.15) is 17.1 Å². The van der Waals surface area contributed by atoms with Crippen LogP contribution in [0.3, 0.4) is 0 Å². The summed E-state index contributed by atoms with van der Waals surface area (Å²) in [4.78, 5) is 16.7. The molecule has 3 aromatic rings. The first-order chi connectivity index (χ1) is 10.4. The van der Waals surface area contributed by atoms with Crippen molar-refractivity contribution in [3.05, 3.63) is 33.0 Å². The zero-order chi connectivity index (χ0) is 16.2. The third-order valence-electron chi connectivity index (χ3n) is 3.61. The van der Waals surface area contributed by atoms with E-state index in [-0.39, 0.29) is 10.2 Å². The van der Waals surface area contributed by atoms with Gasteiger partial charge in [0.05, 0.1) is 34.2 Å². The molecule has 3 rings (SSSR count). The Morgan fingerprint density at radius 2 is 2.09 bits per heavy atom. The van der Waals surface area contributed by atoms with Gasteiger partial charge in [-0.3, -0.25) is 9.55 Å². The van der Waals surface area contributed by atoms with Gasteiger partial charge in [-0.2, -0.15) is 0 Å². The van der Waals surface area contributed by atoms with E-state index >= 15 is 0 Å². The summed E-state index contributed by atoms with van der Waals surface area (Å²) in [6.07, 6.45) is 1.56. The van der Waals surface area contributed by atoms with Crippen molar-refractivity contribution in [2.24, 2.45) is 7.05 Å². The van der Waals surface area contributed by atoms with E-state index in [9.17, 15) is 9.18 Å². The molecule has 6 nitrogen and oxygen atoms in total. The lowest BCUT2D eigenvalue weighted by Crippen LogP contribution is -2.36. The van der Waals surface area contributed by atoms with Gasteiger partial charge in [0.15, 0.2) is 0 Å². The fourth-order valence-corrected chi connectivity index (χ4v) is 3.08. The quantitative estimate of drug-likeness (QED) is 0.694. The number of ether oxygens (including phenoxy) is 1. The van der Waals surface area contributed by atoms with Crippen molar-refractivity contribution < 1.29 is 9.13 Å². The number of fused-ring (bicyclic) bond motifs is 3. The first-order valence-electron chi connectivity index (χ1n) is 6.48. The van der Waals surface area contributed by atoms with Crippen molar-refractivity contribution >= 4 is 37.9 Å². The van der Waals surface area contributed by atoms with Crippen LogP contribution in [-0.2, 0) is 7.05 Å². The van der Waals surface area contributed by atoms with Gasteiger partial charge in [0.2, 0.25) is 0 Å². The van der Waals surface area contributed by atoms with Gasteiger partial charge in [-0.15, -0.1) is 0 Å². The Morgan fingerprint density at radius 3 is 2.68 bits per heavy atom. The Labute approximate surface area is 133 Å². The highest BCUT2D eigenvalue weighted by Gasteiger charge is 2.21. The normalized spacial score (nSPS) is 11.4. The van der Waals surface area contributed by atoms with Crippen LogP contribution in [-0.4, -0.2) is 35.4 Å². The van der Waals surface area contributed by atoms with Crippen molar-refractivity contribution in [3.8, 4) is 5.75 Å². The Balaban J connectivity index is 2.69. The van der Waals surface area contributed by atoms with Crippen molar-refractivity contribution in [1.29, 1.82) is 0 Å². The third kappa shape index (κ3) is 1.83. The molecular weight excluding hydrogens is 355 g/mol. The highest BCUT2D eigenvalue weighted by Crippen LogP contribution is 2.38. The molecule has 0 fully saturated rings. The van der Waals surface area contributed by atoms with Crippen molar-refractivity contribution in [3.63, 3.8) is 0 Å². The second kappa shape index (κ2) is 4.98. The number of pyridine rings is 1. The number of methoxy groups -OCH3 is 1. The fraction of sp³-hybridized carbons (Fsp3) is 0.286. The van der Waals surface area contributed by atoms with Crippen LogP contribution in [0.5, 0.6) is 5.75 Å². The molecule has 0 saturated carbocycles. The van der Waals surface area contributed by atoms with Crippen LogP contribution in [0.4, 0.5) is 4.39 Å². The van der Waals surface area contributed by atoms with Crippen LogP contribution < -0.4 is 15.4 Å². The molecule has 8 heteroatoms. The molecular formula is C14H14BrFN4O2. The number of nitrogens with zero attached hydrogens (tertiary/aromatic N) is 4. The summed E-state index contributed by atoms with van der Waals surface area (Å²) >= 11 is 3.20. The molecule has 2 aromatic heterocycles. The molecule has 1 aromatic carbocycles. The maximum absolute atomic E-state index is 14.0. The second-order valence-electron chi connectivity index (χ2n) is 5.09. The standard InChI is InChI=1S/C14H14BrFN4O2/c1-18(2)20-12-9(19(3)14(20)21)6-17-8-5-7(16)11(15)13(22-4)10(8)12/h5-6H,1-4H3. The van der Waals surface area contributed by atoms with Gasteiger partial charge in [-0.05, 0) is 15.9 Å². The number of rotatable bonds is 2. The van der Waals surface area contributed by atoms with E-state index < -0.39 is 5.82 Å². The molecule has 0 radical (unpaired) electrons. The minimum absolute atomic E-state index is 0.207. The Hall–Kier alpha value is -2.09. The summed E-state index contributed by atoms with van der Waals surface area (Å²) in [5.74, 6) is -0.153. The molecule has 0 aliphatic carbocycles. The number of aromatic nitrogens is 3. The monoisotopic (exact) mass is 368 g/mol. The van der Waals surface area contributed by atoms with Crippen LogP contribution in [0.25, 0.3) is 21.9 Å².